The van der Waals surface area contributed by atoms with Crippen LogP contribution in [0, 0.1) is 0 Å². The Kier molecular flexibility index (Phi) is 4.36. The van der Waals surface area contributed by atoms with Crippen molar-refractivity contribution < 1.29 is 27.3 Å². The summed E-state index contributed by atoms with van der Waals surface area (Å²) in [5, 5.41) is 7.53. The molecule has 8 nitrogen and oxygen atoms in total. The van der Waals surface area contributed by atoms with Crippen molar-refractivity contribution in [2.45, 2.75) is 19.9 Å². The second-order valence-corrected chi connectivity index (χ2v) is 4.65. The zero-order valence-corrected chi connectivity index (χ0v) is 12.5. The third kappa shape index (κ3) is 3.03. The van der Waals surface area contributed by atoms with Gasteiger partial charge in [0.2, 0.25) is 11.7 Å². The number of rotatable bonds is 6. The average molecular weight is 338 g/mol. The third-order valence-corrected chi connectivity index (χ3v) is 3.11. The molecule has 24 heavy (non-hydrogen) atoms. The molecule has 0 saturated heterocycles. The van der Waals surface area contributed by atoms with Crippen LogP contribution < -0.4 is 0 Å². The lowest BCUT2D eigenvalue weighted by atomic mass is 10.2. The minimum Gasteiger partial charge on any atom is -0.472 e. The Morgan fingerprint density at radius 2 is 2.29 bits per heavy atom. The molecule has 0 unspecified atom stereocenters. The SMILES string of the molecule is CCOC(=O)c1cnn(Cc2nc(-c3ccoc3)no2)c1C(F)F. The topological polar surface area (TPSA) is 96.2 Å². The van der Waals surface area contributed by atoms with E-state index in [2.05, 4.69) is 15.2 Å². The highest BCUT2D eigenvalue weighted by molar-refractivity contribution is 5.90. The normalized spacial score (nSPS) is 11.2. The molecule has 3 aromatic rings. The van der Waals surface area contributed by atoms with Gasteiger partial charge in [0.15, 0.2) is 0 Å². The Labute approximate surface area is 134 Å². The number of nitrogens with zero attached hydrogens (tertiary/aromatic N) is 4. The van der Waals surface area contributed by atoms with Gasteiger partial charge in [-0.25, -0.2) is 13.6 Å². The molecule has 0 spiro atoms. The number of hydrogen-bond donors (Lipinski definition) is 0. The van der Waals surface area contributed by atoms with Crippen LogP contribution in [0.25, 0.3) is 11.4 Å². The van der Waals surface area contributed by atoms with Crippen LogP contribution in [-0.4, -0.2) is 32.5 Å². The van der Waals surface area contributed by atoms with E-state index in [1.165, 1.54) is 12.5 Å². The molecule has 3 aromatic heterocycles. The van der Waals surface area contributed by atoms with Crippen molar-refractivity contribution in [3.05, 3.63) is 41.9 Å². The fraction of sp³-hybridized carbons (Fsp3) is 0.286. The van der Waals surface area contributed by atoms with E-state index in [4.69, 9.17) is 13.7 Å². The molecule has 3 rings (SSSR count). The van der Waals surface area contributed by atoms with Crippen LogP contribution in [0.3, 0.4) is 0 Å². The summed E-state index contributed by atoms with van der Waals surface area (Å²) in [5.74, 6) is -0.537. The lowest BCUT2D eigenvalue weighted by Crippen LogP contribution is -2.12. The van der Waals surface area contributed by atoms with Crippen molar-refractivity contribution in [1.29, 1.82) is 0 Å². The predicted molar refractivity (Wildman–Crippen MR) is 74.2 cm³/mol. The van der Waals surface area contributed by atoms with Gasteiger partial charge in [-0.3, -0.25) is 4.68 Å². The largest absolute Gasteiger partial charge is 0.472 e. The molecule has 0 N–H and O–H groups in total. The quantitative estimate of drug-likeness (QED) is 0.637. The highest BCUT2D eigenvalue weighted by Gasteiger charge is 2.26. The second kappa shape index (κ2) is 6.60. The lowest BCUT2D eigenvalue weighted by Gasteiger charge is -2.06. The van der Waals surface area contributed by atoms with Crippen molar-refractivity contribution in [3.8, 4) is 11.4 Å². The van der Waals surface area contributed by atoms with E-state index in [9.17, 15) is 13.6 Å². The minimum absolute atomic E-state index is 0.0617. The fourth-order valence-corrected chi connectivity index (χ4v) is 2.07. The molecule has 3 heterocycles. The Balaban J connectivity index is 1.86. The van der Waals surface area contributed by atoms with Gasteiger partial charge in [-0.05, 0) is 13.0 Å². The van der Waals surface area contributed by atoms with Crippen LogP contribution in [0.4, 0.5) is 8.78 Å². The van der Waals surface area contributed by atoms with Gasteiger partial charge in [-0.1, -0.05) is 5.16 Å². The summed E-state index contributed by atoms with van der Waals surface area (Å²) >= 11 is 0. The number of alkyl halides is 2. The van der Waals surface area contributed by atoms with Crippen molar-refractivity contribution in [1.82, 2.24) is 19.9 Å². The molecule has 0 aromatic carbocycles. The van der Waals surface area contributed by atoms with Crippen LogP contribution >= 0.6 is 0 Å². The molecule has 0 fully saturated rings. The minimum atomic E-state index is -2.91. The van der Waals surface area contributed by atoms with Crippen LogP contribution in [0.15, 0.2) is 33.7 Å². The predicted octanol–water partition coefficient (Wildman–Crippen LogP) is 2.69. The van der Waals surface area contributed by atoms with Crippen LogP contribution in [0.1, 0.15) is 35.3 Å². The second-order valence-electron chi connectivity index (χ2n) is 4.65. The maximum Gasteiger partial charge on any atom is 0.341 e. The first-order chi connectivity index (χ1) is 11.6. The monoisotopic (exact) mass is 338 g/mol. The van der Waals surface area contributed by atoms with Crippen molar-refractivity contribution in [2.75, 3.05) is 6.61 Å². The maximum atomic E-state index is 13.3. The number of carbonyl (C=O) groups excluding carboxylic acids is 1. The Morgan fingerprint density at radius 3 is 2.96 bits per heavy atom. The van der Waals surface area contributed by atoms with Gasteiger partial charge in [-0.2, -0.15) is 10.1 Å². The summed E-state index contributed by atoms with van der Waals surface area (Å²) in [7, 11) is 0. The van der Waals surface area contributed by atoms with Gasteiger partial charge in [-0.15, -0.1) is 0 Å². The number of ether oxygens (including phenoxy) is 1. The Morgan fingerprint density at radius 1 is 1.46 bits per heavy atom. The van der Waals surface area contributed by atoms with E-state index >= 15 is 0 Å². The smallest absolute Gasteiger partial charge is 0.341 e. The van der Waals surface area contributed by atoms with E-state index in [0.717, 1.165) is 10.9 Å². The van der Waals surface area contributed by atoms with Gasteiger partial charge in [0.25, 0.3) is 6.43 Å². The first-order valence-corrected chi connectivity index (χ1v) is 6.96. The van der Waals surface area contributed by atoms with Gasteiger partial charge >= 0.3 is 5.97 Å². The lowest BCUT2D eigenvalue weighted by molar-refractivity contribution is 0.0513. The molecule has 126 valence electrons. The van der Waals surface area contributed by atoms with E-state index in [0.29, 0.717) is 5.56 Å². The molecule has 0 bridgehead atoms. The molecule has 10 heteroatoms. The molecule has 0 saturated carbocycles. The van der Waals surface area contributed by atoms with Crippen molar-refractivity contribution in [3.63, 3.8) is 0 Å². The average Bonchev–Trinajstić information content (AvgIpc) is 3.27. The maximum absolute atomic E-state index is 13.3. The standard InChI is InChI=1S/C14H12F2N4O4/c1-2-23-14(21)9-5-17-20(11(9)12(15)16)6-10-18-13(19-24-10)8-3-4-22-7-8/h3-5,7,12H,2,6H2,1H3. The molecule has 0 amide bonds. The van der Waals surface area contributed by atoms with Crippen LogP contribution in [-0.2, 0) is 11.3 Å². The van der Waals surface area contributed by atoms with E-state index in [-0.39, 0.29) is 30.4 Å². The van der Waals surface area contributed by atoms with Gasteiger partial charge < -0.3 is 13.7 Å². The summed E-state index contributed by atoms with van der Waals surface area (Å²) in [4.78, 5) is 15.8. The molecule has 0 radical (unpaired) electrons. The van der Waals surface area contributed by atoms with E-state index in [1.54, 1.807) is 13.0 Å². The summed E-state index contributed by atoms with van der Waals surface area (Å²) in [6.07, 6.45) is 0.987. The molecule has 0 aliphatic heterocycles. The zero-order chi connectivity index (χ0) is 17.1. The Hall–Kier alpha value is -3.04. The number of esters is 1. The molecule has 0 aliphatic rings. The molecular formula is C14H12F2N4O4. The first kappa shape index (κ1) is 15.8. The van der Waals surface area contributed by atoms with Gasteiger partial charge in [0.05, 0.1) is 24.6 Å². The van der Waals surface area contributed by atoms with Crippen molar-refractivity contribution >= 4 is 5.97 Å². The summed E-state index contributed by atoms with van der Waals surface area (Å²) in [6.45, 7) is 1.45. The number of carbonyl (C=O) groups is 1. The highest BCUT2D eigenvalue weighted by atomic mass is 19.3. The van der Waals surface area contributed by atoms with Gasteiger partial charge in [0.1, 0.15) is 24.1 Å². The molecular weight excluding hydrogens is 326 g/mol. The number of halogens is 2. The first-order valence-electron chi connectivity index (χ1n) is 6.96. The number of furan rings is 1. The van der Waals surface area contributed by atoms with E-state index < -0.39 is 18.1 Å². The fourth-order valence-electron chi connectivity index (χ4n) is 2.07. The van der Waals surface area contributed by atoms with Gasteiger partial charge in [0, 0.05) is 0 Å². The van der Waals surface area contributed by atoms with Crippen molar-refractivity contribution in [2.24, 2.45) is 0 Å². The van der Waals surface area contributed by atoms with Crippen LogP contribution in [0.5, 0.6) is 0 Å². The summed E-state index contributed by atoms with van der Waals surface area (Å²) < 4.78 is 42.2. The zero-order valence-electron chi connectivity index (χ0n) is 12.5. The summed E-state index contributed by atoms with van der Waals surface area (Å²) in [6, 6.07) is 1.63. The molecule has 0 atom stereocenters. The van der Waals surface area contributed by atoms with E-state index in [1.807, 2.05) is 0 Å². The number of hydrogen-bond acceptors (Lipinski definition) is 7. The van der Waals surface area contributed by atoms with Crippen LogP contribution in [0.2, 0.25) is 0 Å². The number of aromatic nitrogens is 4. The third-order valence-electron chi connectivity index (χ3n) is 3.11. The highest BCUT2D eigenvalue weighted by Crippen LogP contribution is 2.24. The molecule has 0 aliphatic carbocycles. The summed E-state index contributed by atoms with van der Waals surface area (Å²) in [5.41, 5.74) is -0.260. The Bertz CT molecular complexity index is 826.